The van der Waals surface area contributed by atoms with Gasteiger partial charge >= 0.3 is 5.97 Å². The van der Waals surface area contributed by atoms with Crippen molar-refractivity contribution >= 4 is 17.7 Å². The van der Waals surface area contributed by atoms with Gasteiger partial charge in [-0.3, -0.25) is 9.59 Å². The molecule has 2 N–H and O–H groups in total. The lowest BCUT2D eigenvalue weighted by Gasteiger charge is -2.06. The van der Waals surface area contributed by atoms with E-state index in [0.717, 1.165) is 15.8 Å². The van der Waals surface area contributed by atoms with E-state index in [1.165, 1.54) is 6.20 Å². The third-order valence-corrected chi connectivity index (χ3v) is 2.72. The molecule has 0 radical (unpaired) electrons. The van der Waals surface area contributed by atoms with E-state index in [1.54, 1.807) is 6.07 Å². The number of aliphatic carboxylic acids is 1. The maximum absolute atomic E-state index is 12.1. The molecule has 104 valence electrons. The lowest BCUT2D eigenvalue weighted by Crippen LogP contribution is -2.14. The van der Waals surface area contributed by atoms with Gasteiger partial charge in [0.25, 0.3) is 5.91 Å². The van der Waals surface area contributed by atoms with Crippen LogP contribution in [0.2, 0.25) is 0 Å². The summed E-state index contributed by atoms with van der Waals surface area (Å²) in [5.74, 6) is -1.10. The molecule has 0 saturated heterocycles. The zero-order valence-electron chi connectivity index (χ0n) is 11.1. The van der Waals surface area contributed by atoms with Crippen molar-refractivity contribution in [3.63, 3.8) is 0 Å². The highest BCUT2D eigenvalue weighted by molar-refractivity contribution is 6.04. The molecule has 1 aromatic heterocycles. The predicted molar refractivity (Wildman–Crippen MR) is 71.5 cm³/mol. The molecule has 0 aliphatic rings. The van der Waals surface area contributed by atoms with Crippen LogP contribution >= 0.6 is 0 Å². The molecule has 0 spiro atoms. The zero-order chi connectivity index (χ0) is 14.7. The van der Waals surface area contributed by atoms with E-state index in [2.05, 4.69) is 15.6 Å². The summed E-state index contributed by atoms with van der Waals surface area (Å²) in [5, 5.41) is 18.5. The fourth-order valence-corrected chi connectivity index (χ4v) is 1.74. The summed E-state index contributed by atoms with van der Waals surface area (Å²) >= 11 is 0. The van der Waals surface area contributed by atoms with Gasteiger partial charge in [0.05, 0.1) is 6.20 Å². The molecule has 0 saturated carbocycles. The summed E-state index contributed by atoms with van der Waals surface area (Å²) in [6.45, 7) is 3.45. The largest absolute Gasteiger partial charge is 0.480 e. The number of nitrogens with one attached hydrogen (secondary N) is 1. The molecule has 0 aliphatic carbocycles. The van der Waals surface area contributed by atoms with E-state index < -0.39 is 5.97 Å². The van der Waals surface area contributed by atoms with Crippen molar-refractivity contribution in [1.29, 1.82) is 0 Å². The van der Waals surface area contributed by atoms with Crippen molar-refractivity contribution in [2.75, 3.05) is 5.32 Å². The topological polar surface area (TPSA) is 97.1 Å². The second-order valence-electron chi connectivity index (χ2n) is 4.47. The number of carbonyl (C=O) groups excluding carboxylic acids is 1. The molecule has 2 aromatic rings. The van der Waals surface area contributed by atoms with Crippen LogP contribution in [0.15, 0.2) is 24.4 Å². The van der Waals surface area contributed by atoms with Crippen LogP contribution in [0.4, 0.5) is 5.82 Å². The smallest absolute Gasteiger partial charge is 0.325 e. The van der Waals surface area contributed by atoms with Gasteiger partial charge in [-0.15, -0.1) is 5.10 Å². The van der Waals surface area contributed by atoms with Crippen LogP contribution in [0.25, 0.3) is 0 Å². The van der Waals surface area contributed by atoms with Gasteiger partial charge in [0.15, 0.2) is 5.82 Å². The maximum Gasteiger partial charge on any atom is 0.325 e. The van der Waals surface area contributed by atoms with Gasteiger partial charge in [-0.05, 0) is 25.5 Å². The van der Waals surface area contributed by atoms with Crippen molar-refractivity contribution in [2.24, 2.45) is 0 Å². The summed E-state index contributed by atoms with van der Waals surface area (Å²) in [7, 11) is 0. The summed E-state index contributed by atoms with van der Waals surface area (Å²) < 4.78 is 1.14. The number of benzene rings is 1. The van der Waals surface area contributed by atoms with Gasteiger partial charge < -0.3 is 10.4 Å². The highest BCUT2D eigenvalue weighted by Crippen LogP contribution is 2.12. The van der Waals surface area contributed by atoms with Crippen molar-refractivity contribution in [1.82, 2.24) is 15.0 Å². The van der Waals surface area contributed by atoms with Crippen molar-refractivity contribution in [3.05, 3.63) is 41.1 Å². The molecule has 0 atom stereocenters. The highest BCUT2D eigenvalue weighted by Gasteiger charge is 2.12. The number of carboxylic acids is 1. The van der Waals surface area contributed by atoms with Crippen LogP contribution in [0.5, 0.6) is 0 Å². The Morgan fingerprint density at radius 3 is 2.80 bits per heavy atom. The number of carboxylic acid groups (broad SMARTS) is 1. The Balaban J connectivity index is 2.13. The molecule has 1 heterocycles. The van der Waals surface area contributed by atoms with Gasteiger partial charge in [-0.2, -0.15) is 0 Å². The van der Waals surface area contributed by atoms with Crippen molar-refractivity contribution in [3.8, 4) is 0 Å². The standard InChI is InChI=1S/C13H14N4O3/c1-8-3-4-9(2)10(5-8)13(20)14-11-6-17(16-15-11)7-12(18)19/h3-6H,7H2,1-2H3,(H,14,20)(H,18,19). The SMILES string of the molecule is Cc1ccc(C)c(C(=O)Nc2cn(CC(=O)O)nn2)c1. The number of hydrogen-bond acceptors (Lipinski definition) is 4. The van der Waals surface area contributed by atoms with Crippen molar-refractivity contribution in [2.45, 2.75) is 20.4 Å². The fraction of sp³-hybridized carbons (Fsp3) is 0.231. The molecule has 20 heavy (non-hydrogen) atoms. The lowest BCUT2D eigenvalue weighted by atomic mass is 10.1. The Morgan fingerprint density at radius 1 is 1.35 bits per heavy atom. The van der Waals surface area contributed by atoms with Crippen LogP contribution in [0, 0.1) is 13.8 Å². The highest BCUT2D eigenvalue weighted by atomic mass is 16.4. The molecule has 0 unspecified atom stereocenters. The molecule has 7 heteroatoms. The third kappa shape index (κ3) is 3.19. The molecule has 1 amide bonds. The quantitative estimate of drug-likeness (QED) is 0.874. The number of anilines is 1. The summed E-state index contributed by atoms with van der Waals surface area (Å²) in [5.41, 5.74) is 2.39. The zero-order valence-corrected chi connectivity index (χ0v) is 11.1. The van der Waals surface area contributed by atoms with Gasteiger partial charge in [0.1, 0.15) is 6.54 Å². The van der Waals surface area contributed by atoms with Crippen LogP contribution in [-0.4, -0.2) is 32.0 Å². The number of rotatable bonds is 4. The Kier molecular flexibility index (Phi) is 3.79. The van der Waals surface area contributed by atoms with E-state index in [4.69, 9.17) is 5.11 Å². The molecular weight excluding hydrogens is 260 g/mol. The third-order valence-electron chi connectivity index (χ3n) is 2.72. The van der Waals surface area contributed by atoms with Crippen LogP contribution in [0.1, 0.15) is 21.5 Å². The number of hydrogen-bond donors (Lipinski definition) is 2. The first-order valence-electron chi connectivity index (χ1n) is 5.96. The Bertz CT molecular complexity index is 663. The van der Waals surface area contributed by atoms with E-state index in [1.807, 2.05) is 26.0 Å². The summed E-state index contributed by atoms with van der Waals surface area (Å²) in [6, 6.07) is 5.58. The second kappa shape index (κ2) is 5.52. The van der Waals surface area contributed by atoms with Gasteiger partial charge in [0.2, 0.25) is 0 Å². The van der Waals surface area contributed by atoms with Gasteiger partial charge in [-0.1, -0.05) is 22.9 Å². The van der Waals surface area contributed by atoms with Gasteiger partial charge in [0, 0.05) is 5.56 Å². The van der Waals surface area contributed by atoms with Crippen LogP contribution in [0.3, 0.4) is 0 Å². The van der Waals surface area contributed by atoms with Crippen molar-refractivity contribution < 1.29 is 14.7 Å². The van der Waals surface area contributed by atoms with Crippen LogP contribution < -0.4 is 5.32 Å². The summed E-state index contributed by atoms with van der Waals surface area (Å²) in [6.07, 6.45) is 1.37. The van der Waals surface area contributed by atoms with E-state index >= 15 is 0 Å². The monoisotopic (exact) mass is 274 g/mol. The fourth-order valence-electron chi connectivity index (χ4n) is 1.74. The Hall–Kier alpha value is -2.70. The number of aryl methyl sites for hydroxylation is 2. The molecule has 0 aliphatic heterocycles. The maximum atomic E-state index is 12.1. The molecule has 2 rings (SSSR count). The minimum atomic E-state index is -1.03. The Labute approximate surface area is 115 Å². The molecule has 7 nitrogen and oxygen atoms in total. The minimum Gasteiger partial charge on any atom is -0.480 e. The molecular formula is C13H14N4O3. The lowest BCUT2D eigenvalue weighted by molar-refractivity contribution is -0.137. The van der Waals surface area contributed by atoms with E-state index in [-0.39, 0.29) is 18.3 Å². The number of nitrogens with zero attached hydrogens (tertiary/aromatic N) is 3. The van der Waals surface area contributed by atoms with Gasteiger partial charge in [-0.25, -0.2) is 4.68 Å². The first-order valence-corrected chi connectivity index (χ1v) is 5.96. The predicted octanol–water partition coefficient (Wildman–Crippen LogP) is 1.23. The Morgan fingerprint density at radius 2 is 2.10 bits per heavy atom. The number of carbonyl (C=O) groups is 2. The van der Waals surface area contributed by atoms with E-state index in [0.29, 0.717) is 5.56 Å². The first-order chi connectivity index (χ1) is 9.45. The summed E-state index contributed by atoms with van der Waals surface area (Å²) in [4.78, 5) is 22.6. The average Bonchev–Trinajstić information content (AvgIpc) is 2.78. The molecule has 0 fully saturated rings. The molecule has 1 aromatic carbocycles. The second-order valence-corrected chi connectivity index (χ2v) is 4.47. The van der Waals surface area contributed by atoms with Crippen LogP contribution in [-0.2, 0) is 11.3 Å². The first kappa shape index (κ1) is 13.7. The number of amides is 1. The normalized spacial score (nSPS) is 10.3. The minimum absolute atomic E-state index is 0.220. The van der Waals surface area contributed by atoms with E-state index in [9.17, 15) is 9.59 Å². The molecule has 0 bridgehead atoms. The number of aromatic nitrogens is 3. The average molecular weight is 274 g/mol.